The van der Waals surface area contributed by atoms with Crippen molar-refractivity contribution in [2.75, 3.05) is 21.3 Å². The van der Waals surface area contributed by atoms with Gasteiger partial charge in [0, 0.05) is 23.1 Å². The zero-order chi connectivity index (χ0) is 13.0. The van der Waals surface area contributed by atoms with Crippen molar-refractivity contribution in [3.8, 4) is 21.9 Å². The van der Waals surface area contributed by atoms with E-state index in [-0.39, 0.29) is 0 Å². The molecule has 96 valence electrons. The predicted molar refractivity (Wildman–Crippen MR) is 75.6 cm³/mol. The molecule has 0 atom stereocenters. The number of thiophene rings is 1. The second-order valence-electron chi connectivity index (χ2n) is 3.92. The SMILES string of the molecule is CNCc1csc(-c2ccc(OC)cc2OC)c1. The van der Waals surface area contributed by atoms with Gasteiger partial charge in [0.1, 0.15) is 11.5 Å². The van der Waals surface area contributed by atoms with Crippen molar-refractivity contribution in [2.24, 2.45) is 0 Å². The van der Waals surface area contributed by atoms with E-state index in [0.29, 0.717) is 0 Å². The van der Waals surface area contributed by atoms with Gasteiger partial charge in [-0.2, -0.15) is 0 Å². The van der Waals surface area contributed by atoms with Crippen molar-refractivity contribution in [3.63, 3.8) is 0 Å². The molecule has 2 rings (SSSR count). The minimum absolute atomic E-state index is 0.808. The summed E-state index contributed by atoms with van der Waals surface area (Å²) in [5.74, 6) is 1.65. The van der Waals surface area contributed by atoms with E-state index in [2.05, 4.69) is 16.8 Å². The first-order chi connectivity index (χ1) is 8.78. The van der Waals surface area contributed by atoms with E-state index < -0.39 is 0 Å². The summed E-state index contributed by atoms with van der Waals surface area (Å²) in [5.41, 5.74) is 2.39. The summed E-state index contributed by atoms with van der Waals surface area (Å²) in [4.78, 5) is 1.21. The molecule has 0 saturated heterocycles. The van der Waals surface area contributed by atoms with Gasteiger partial charge in [0.2, 0.25) is 0 Å². The third kappa shape index (κ3) is 2.66. The number of methoxy groups -OCH3 is 2. The van der Waals surface area contributed by atoms with Crippen LogP contribution in [0.5, 0.6) is 11.5 Å². The average Bonchev–Trinajstić information content (AvgIpc) is 2.87. The van der Waals surface area contributed by atoms with Crippen LogP contribution in [0.15, 0.2) is 29.6 Å². The van der Waals surface area contributed by atoms with Gasteiger partial charge >= 0.3 is 0 Å². The number of benzene rings is 1. The Morgan fingerprint density at radius 3 is 2.67 bits per heavy atom. The summed E-state index contributed by atoms with van der Waals surface area (Å²) >= 11 is 1.72. The predicted octanol–water partition coefficient (Wildman–Crippen LogP) is 3.15. The summed E-state index contributed by atoms with van der Waals surface area (Å²) < 4.78 is 10.6. The van der Waals surface area contributed by atoms with Gasteiger partial charge in [-0.05, 0) is 36.2 Å². The van der Waals surface area contributed by atoms with Crippen LogP contribution in [-0.2, 0) is 6.54 Å². The molecule has 0 bridgehead atoms. The fraction of sp³-hybridized carbons (Fsp3) is 0.286. The third-order valence-corrected chi connectivity index (χ3v) is 3.72. The molecule has 0 radical (unpaired) electrons. The Morgan fingerprint density at radius 1 is 1.17 bits per heavy atom. The zero-order valence-electron chi connectivity index (χ0n) is 10.8. The van der Waals surface area contributed by atoms with Gasteiger partial charge in [0.25, 0.3) is 0 Å². The van der Waals surface area contributed by atoms with Crippen molar-refractivity contribution in [1.82, 2.24) is 5.32 Å². The number of hydrogen-bond donors (Lipinski definition) is 1. The molecular weight excluding hydrogens is 246 g/mol. The molecule has 0 fully saturated rings. The monoisotopic (exact) mass is 263 g/mol. The Kier molecular flexibility index (Phi) is 4.23. The summed E-state index contributed by atoms with van der Waals surface area (Å²) in [6.07, 6.45) is 0. The van der Waals surface area contributed by atoms with Crippen molar-refractivity contribution < 1.29 is 9.47 Å². The Hall–Kier alpha value is -1.52. The van der Waals surface area contributed by atoms with Crippen LogP contribution in [0, 0.1) is 0 Å². The van der Waals surface area contributed by atoms with Crippen LogP contribution in [0.2, 0.25) is 0 Å². The van der Waals surface area contributed by atoms with E-state index in [4.69, 9.17) is 9.47 Å². The highest BCUT2D eigenvalue weighted by molar-refractivity contribution is 7.13. The van der Waals surface area contributed by atoms with Gasteiger partial charge in [-0.3, -0.25) is 0 Å². The van der Waals surface area contributed by atoms with Gasteiger partial charge in [-0.15, -0.1) is 11.3 Å². The maximum absolute atomic E-state index is 5.42. The largest absolute Gasteiger partial charge is 0.497 e. The molecule has 0 spiro atoms. The van der Waals surface area contributed by atoms with E-state index >= 15 is 0 Å². The Labute approximate surface area is 111 Å². The van der Waals surface area contributed by atoms with E-state index in [1.807, 2.05) is 25.2 Å². The lowest BCUT2D eigenvalue weighted by Gasteiger charge is -2.08. The maximum Gasteiger partial charge on any atom is 0.131 e. The summed E-state index contributed by atoms with van der Waals surface area (Å²) in [5, 5.41) is 5.31. The summed E-state index contributed by atoms with van der Waals surface area (Å²) in [6, 6.07) is 8.08. The molecule has 0 aliphatic rings. The van der Waals surface area contributed by atoms with Crippen molar-refractivity contribution in [1.29, 1.82) is 0 Å². The molecular formula is C14H17NO2S. The zero-order valence-corrected chi connectivity index (χ0v) is 11.6. The molecule has 1 aromatic carbocycles. The highest BCUT2D eigenvalue weighted by Crippen LogP contribution is 2.36. The van der Waals surface area contributed by atoms with Crippen LogP contribution in [0.3, 0.4) is 0 Å². The van der Waals surface area contributed by atoms with Crippen molar-refractivity contribution >= 4 is 11.3 Å². The van der Waals surface area contributed by atoms with E-state index in [1.165, 1.54) is 10.4 Å². The fourth-order valence-corrected chi connectivity index (χ4v) is 2.76. The standard InChI is InChI=1S/C14H17NO2S/c1-15-8-10-6-14(18-9-10)12-5-4-11(16-2)7-13(12)17-3/h4-7,9,15H,8H2,1-3H3. The van der Waals surface area contributed by atoms with Gasteiger partial charge in [0.05, 0.1) is 14.2 Å². The molecule has 1 aromatic heterocycles. The number of ether oxygens (including phenoxy) is 2. The fourth-order valence-electron chi connectivity index (χ4n) is 1.82. The maximum atomic E-state index is 5.42. The third-order valence-electron chi connectivity index (χ3n) is 2.71. The van der Waals surface area contributed by atoms with E-state index in [1.54, 1.807) is 25.6 Å². The van der Waals surface area contributed by atoms with Crippen LogP contribution in [0.25, 0.3) is 10.4 Å². The number of nitrogens with one attached hydrogen (secondary N) is 1. The molecule has 0 aliphatic carbocycles. The topological polar surface area (TPSA) is 30.5 Å². The van der Waals surface area contributed by atoms with Crippen LogP contribution in [0.4, 0.5) is 0 Å². The van der Waals surface area contributed by atoms with E-state index in [0.717, 1.165) is 23.6 Å². The number of rotatable bonds is 5. The molecule has 1 heterocycles. The Bertz CT molecular complexity index is 522. The molecule has 4 heteroatoms. The first-order valence-electron chi connectivity index (χ1n) is 5.73. The lowest BCUT2D eigenvalue weighted by Crippen LogP contribution is -2.03. The Balaban J connectivity index is 2.36. The second-order valence-corrected chi connectivity index (χ2v) is 4.83. The average molecular weight is 263 g/mol. The lowest BCUT2D eigenvalue weighted by molar-refractivity contribution is 0.395. The van der Waals surface area contributed by atoms with Crippen molar-refractivity contribution in [2.45, 2.75) is 6.54 Å². The highest BCUT2D eigenvalue weighted by atomic mass is 32.1. The minimum Gasteiger partial charge on any atom is -0.497 e. The van der Waals surface area contributed by atoms with Crippen LogP contribution in [0.1, 0.15) is 5.56 Å². The minimum atomic E-state index is 0.808. The van der Waals surface area contributed by atoms with Crippen LogP contribution >= 0.6 is 11.3 Å². The molecule has 0 unspecified atom stereocenters. The van der Waals surface area contributed by atoms with Gasteiger partial charge in [-0.25, -0.2) is 0 Å². The molecule has 1 N–H and O–H groups in total. The first-order valence-corrected chi connectivity index (χ1v) is 6.61. The van der Waals surface area contributed by atoms with Gasteiger partial charge in [0.15, 0.2) is 0 Å². The highest BCUT2D eigenvalue weighted by Gasteiger charge is 2.09. The van der Waals surface area contributed by atoms with Crippen LogP contribution < -0.4 is 14.8 Å². The molecule has 2 aromatic rings. The quantitative estimate of drug-likeness (QED) is 0.899. The molecule has 0 amide bonds. The van der Waals surface area contributed by atoms with Gasteiger partial charge < -0.3 is 14.8 Å². The molecule has 18 heavy (non-hydrogen) atoms. The number of hydrogen-bond acceptors (Lipinski definition) is 4. The van der Waals surface area contributed by atoms with Crippen LogP contribution in [-0.4, -0.2) is 21.3 Å². The van der Waals surface area contributed by atoms with E-state index in [9.17, 15) is 0 Å². The molecule has 3 nitrogen and oxygen atoms in total. The summed E-state index contributed by atoms with van der Waals surface area (Å²) in [7, 11) is 5.29. The van der Waals surface area contributed by atoms with Crippen molar-refractivity contribution in [3.05, 3.63) is 35.2 Å². The summed E-state index contributed by atoms with van der Waals surface area (Å²) in [6.45, 7) is 0.884. The molecule has 0 saturated carbocycles. The Morgan fingerprint density at radius 2 is 2.00 bits per heavy atom. The first kappa shape index (κ1) is 12.9. The van der Waals surface area contributed by atoms with Gasteiger partial charge in [-0.1, -0.05) is 0 Å². The lowest BCUT2D eigenvalue weighted by atomic mass is 10.1. The molecule has 0 aliphatic heterocycles. The smallest absolute Gasteiger partial charge is 0.131 e. The normalized spacial score (nSPS) is 10.4. The second kappa shape index (κ2) is 5.89.